The van der Waals surface area contributed by atoms with Gasteiger partial charge < -0.3 is 15.0 Å². The number of pyridine rings is 1. The molecule has 2 aliphatic rings. The van der Waals surface area contributed by atoms with Crippen LogP contribution < -0.4 is 10.2 Å². The molecule has 0 saturated carbocycles. The normalized spacial score (nSPS) is 17.4. The van der Waals surface area contributed by atoms with E-state index in [0.717, 1.165) is 58.0 Å². The number of nitrogens with zero attached hydrogens (tertiary/aromatic N) is 3. The van der Waals surface area contributed by atoms with Crippen LogP contribution in [0.15, 0.2) is 42.6 Å². The summed E-state index contributed by atoms with van der Waals surface area (Å²) in [4.78, 5) is 21.3. The molecule has 6 heteroatoms. The molecule has 1 N–H and O–H groups in total. The predicted octanol–water partition coefficient (Wildman–Crippen LogP) is 1.71. The van der Waals surface area contributed by atoms with Crippen molar-refractivity contribution in [1.82, 2.24) is 15.2 Å². The number of hydrogen-bond donors (Lipinski definition) is 1. The molecule has 1 amide bonds. The molecule has 142 valence electrons. The Labute approximate surface area is 160 Å². The molecule has 1 aromatic carbocycles. The van der Waals surface area contributed by atoms with Gasteiger partial charge in [-0.2, -0.15) is 0 Å². The number of fused-ring (bicyclic) bond motifs is 1. The standard InChI is InChI=1S/C21H26N4O2/c26-21(22-8-10-24-11-13-27-14-12-24)20-6-5-19(15-23-20)25-9-7-17-3-1-2-4-18(17)16-25/h1-6,15H,7-14,16H2,(H,22,26). The van der Waals surface area contributed by atoms with E-state index in [-0.39, 0.29) is 5.91 Å². The van der Waals surface area contributed by atoms with Crippen molar-refractivity contribution in [3.05, 3.63) is 59.4 Å². The van der Waals surface area contributed by atoms with Gasteiger partial charge in [-0.3, -0.25) is 9.69 Å². The largest absolute Gasteiger partial charge is 0.379 e. The molecule has 1 fully saturated rings. The minimum Gasteiger partial charge on any atom is -0.379 e. The van der Waals surface area contributed by atoms with Gasteiger partial charge in [-0.1, -0.05) is 24.3 Å². The Morgan fingerprint density at radius 2 is 1.89 bits per heavy atom. The van der Waals surface area contributed by atoms with Crippen molar-refractivity contribution in [3.8, 4) is 0 Å². The van der Waals surface area contributed by atoms with E-state index in [0.29, 0.717) is 12.2 Å². The van der Waals surface area contributed by atoms with Crippen molar-refractivity contribution in [2.45, 2.75) is 13.0 Å². The third-order valence-corrected chi connectivity index (χ3v) is 5.29. The van der Waals surface area contributed by atoms with E-state index in [4.69, 9.17) is 4.74 Å². The molecule has 27 heavy (non-hydrogen) atoms. The van der Waals surface area contributed by atoms with Crippen molar-refractivity contribution in [2.24, 2.45) is 0 Å². The molecule has 1 saturated heterocycles. The van der Waals surface area contributed by atoms with Crippen molar-refractivity contribution in [2.75, 3.05) is 50.8 Å². The van der Waals surface area contributed by atoms with Crippen LogP contribution in [0, 0.1) is 0 Å². The summed E-state index contributed by atoms with van der Waals surface area (Å²) < 4.78 is 5.33. The van der Waals surface area contributed by atoms with Crippen LogP contribution in [-0.2, 0) is 17.7 Å². The lowest BCUT2D eigenvalue weighted by Crippen LogP contribution is -2.41. The summed E-state index contributed by atoms with van der Waals surface area (Å²) in [5.41, 5.74) is 4.33. The van der Waals surface area contributed by atoms with E-state index in [2.05, 4.69) is 44.4 Å². The lowest BCUT2D eigenvalue weighted by Gasteiger charge is -2.30. The monoisotopic (exact) mass is 366 g/mol. The smallest absolute Gasteiger partial charge is 0.269 e. The van der Waals surface area contributed by atoms with Gasteiger partial charge in [-0.05, 0) is 29.7 Å². The first-order valence-corrected chi connectivity index (χ1v) is 9.66. The number of morpholine rings is 1. The van der Waals surface area contributed by atoms with E-state index in [9.17, 15) is 4.79 Å². The molecule has 0 bridgehead atoms. The van der Waals surface area contributed by atoms with Gasteiger partial charge in [0.25, 0.3) is 5.91 Å². The highest BCUT2D eigenvalue weighted by atomic mass is 16.5. The van der Waals surface area contributed by atoms with Gasteiger partial charge >= 0.3 is 0 Å². The predicted molar refractivity (Wildman–Crippen MR) is 105 cm³/mol. The molecule has 3 heterocycles. The summed E-state index contributed by atoms with van der Waals surface area (Å²) in [6, 6.07) is 12.4. The SMILES string of the molecule is O=C(NCCN1CCOCC1)c1ccc(N2CCc3ccccc3C2)cn1. The maximum Gasteiger partial charge on any atom is 0.269 e. The van der Waals surface area contributed by atoms with Gasteiger partial charge in [0.05, 0.1) is 25.1 Å². The highest BCUT2D eigenvalue weighted by Gasteiger charge is 2.17. The van der Waals surface area contributed by atoms with Crippen molar-refractivity contribution in [1.29, 1.82) is 0 Å². The van der Waals surface area contributed by atoms with Crippen molar-refractivity contribution >= 4 is 11.6 Å². The number of hydrogen-bond acceptors (Lipinski definition) is 5. The Morgan fingerprint density at radius 3 is 2.67 bits per heavy atom. The van der Waals surface area contributed by atoms with E-state index in [1.54, 1.807) is 0 Å². The molecule has 6 nitrogen and oxygen atoms in total. The summed E-state index contributed by atoms with van der Waals surface area (Å²) in [5, 5.41) is 2.96. The summed E-state index contributed by atoms with van der Waals surface area (Å²) in [5.74, 6) is -0.112. The molecule has 4 rings (SSSR count). The maximum atomic E-state index is 12.3. The average molecular weight is 366 g/mol. The fraction of sp³-hybridized carbons (Fsp3) is 0.429. The number of nitrogens with one attached hydrogen (secondary N) is 1. The molecule has 0 atom stereocenters. The van der Waals surface area contributed by atoms with Crippen LogP contribution in [0.2, 0.25) is 0 Å². The number of amides is 1. The topological polar surface area (TPSA) is 57.7 Å². The van der Waals surface area contributed by atoms with E-state index in [1.807, 2.05) is 18.3 Å². The molecular formula is C21H26N4O2. The summed E-state index contributed by atoms with van der Waals surface area (Å²) in [6.07, 6.45) is 2.85. The first-order chi connectivity index (χ1) is 13.3. The summed E-state index contributed by atoms with van der Waals surface area (Å²) in [6.45, 7) is 6.76. The molecule has 2 aromatic rings. The minimum absolute atomic E-state index is 0.112. The number of ether oxygens (including phenoxy) is 1. The lowest BCUT2D eigenvalue weighted by molar-refractivity contribution is 0.0383. The van der Waals surface area contributed by atoms with Crippen LogP contribution in [0.5, 0.6) is 0 Å². The van der Waals surface area contributed by atoms with Gasteiger partial charge in [0.15, 0.2) is 0 Å². The number of benzene rings is 1. The quantitative estimate of drug-likeness (QED) is 0.873. The molecule has 0 spiro atoms. The maximum absolute atomic E-state index is 12.3. The lowest BCUT2D eigenvalue weighted by atomic mass is 10.00. The minimum atomic E-state index is -0.112. The molecule has 0 aliphatic carbocycles. The molecule has 0 radical (unpaired) electrons. The fourth-order valence-electron chi connectivity index (χ4n) is 3.67. The summed E-state index contributed by atoms with van der Waals surface area (Å²) >= 11 is 0. The zero-order valence-corrected chi connectivity index (χ0v) is 15.6. The van der Waals surface area contributed by atoms with Gasteiger partial charge in [0, 0.05) is 39.3 Å². The van der Waals surface area contributed by atoms with Gasteiger partial charge in [0.2, 0.25) is 0 Å². The Kier molecular flexibility index (Phi) is 5.65. The van der Waals surface area contributed by atoms with Crippen molar-refractivity contribution < 1.29 is 9.53 Å². The van der Waals surface area contributed by atoms with Crippen LogP contribution in [-0.4, -0.2) is 61.7 Å². The van der Waals surface area contributed by atoms with Crippen LogP contribution in [0.1, 0.15) is 21.6 Å². The van der Waals surface area contributed by atoms with Crippen LogP contribution in [0.4, 0.5) is 5.69 Å². The molecular weight excluding hydrogens is 340 g/mol. The van der Waals surface area contributed by atoms with Crippen LogP contribution in [0.25, 0.3) is 0 Å². The van der Waals surface area contributed by atoms with E-state index in [1.165, 1.54) is 11.1 Å². The number of rotatable bonds is 5. The van der Waals surface area contributed by atoms with Crippen LogP contribution >= 0.6 is 0 Å². The second-order valence-corrected chi connectivity index (χ2v) is 7.05. The molecule has 2 aliphatic heterocycles. The number of aromatic nitrogens is 1. The number of carbonyl (C=O) groups excluding carboxylic acids is 1. The Hall–Kier alpha value is -2.44. The van der Waals surface area contributed by atoms with Gasteiger partial charge in [0.1, 0.15) is 5.69 Å². The van der Waals surface area contributed by atoms with E-state index >= 15 is 0 Å². The van der Waals surface area contributed by atoms with Gasteiger partial charge in [-0.25, -0.2) is 4.98 Å². The van der Waals surface area contributed by atoms with E-state index < -0.39 is 0 Å². The zero-order chi connectivity index (χ0) is 18.5. The fourth-order valence-corrected chi connectivity index (χ4v) is 3.67. The first-order valence-electron chi connectivity index (χ1n) is 9.66. The average Bonchev–Trinajstić information content (AvgIpc) is 2.74. The second-order valence-electron chi connectivity index (χ2n) is 7.05. The van der Waals surface area contributed by atoms with Gasteiger partial charge in [-0.15, -0.1) is 0 Å². The Bertz CT molecular complexity index is 772. The number of anilines is 1. The highest BCUT2D eigenvalue weighted by molar-refractivity contribution is 5.92. The second kappa shape index (κ2) is 8.50. The first kappa shape index (κ1) is 17.9. The Balaban J connectivity index is 1.30. The zero-order valence-electron chi connectivity index (χ0n) is 15.6. The molecule has 1 aromatic heterocycles. The van der Waals surface area contributed by atoms with Crippen LogP contribution in [0.3, 0.4) is 0 Å². The molecule has 0 unspecified atom stereocenters. The Morgan fingerprint density at radius 1 is 1.07 bits per heavy atom. The van der Waals surface area contributed by atoms with Crippen molar-refractivity contribution in [3.63, 3.8) is 0 Å². The third kappa shape index (κ3) is 4.46. The third-order valence-electron chi connectivity index (χ3n) is 5.29. The number of carbonyl (C=O) groups is 1. The summed E-state index contributed by atoms with van der Waals surface area (Å²) in [7, 11) is 0. The highest BCUT2D eigenvalue weighted by Crippen LogP contribution is 2.23.